The first-order chi connectivity index (χ1) is 13.1. The van der Waals surface area contributed by atoms with Gasteiger partial charge in [-0.15, -0.1) is 0 Å². The van der Waals surface area contributed by atoms with Crippen LogP contribution in [0, 0.1) is 18.3 Å². The van der Waals surface area contributed by atoms with Crippen LogP contribution in [0.4, 0.5) is 5.69 Å². The van der Waals surface area contributed by atoms with Gasteiger partial charge in [0.25, 0.3) is 0 Å². The number of ether oxygens (including phenoxy) is 1. The Morgan fingerprint density at radius 1 is 1.30 bits per heavy atom. The monoisotopic (exact) mass is 381 g/mol. The fourth-order valence-electron chi connectivity index (χ4n) is 3.38. The van der Waals surface area contributed by atoms with E-state index in [-0.39, 0.29) is 11.7 Å². The van der Waals surface area contributed by atoms with Gasteiger partial charge < -0.3 is 10.1 Å². The molecule has 5 nitrogen and oxygen atoms in total. The van der Waals surface area contributed by atoms with Crippen LogP contribution in [0.1, 0.15) is 42.1 Å². The van der Waals surface area contributed by atoms with Crippen molar-refractivity contribution in [2.24, 2.45) is 0 Å². The van der Waals surface area contributed by atoms with E-state index in [0.29, 0.717) is 28.6 Å². The van der Waals surface area contributed by atoms with E-state index < -0.39 is 0 Å². The number of fused-ring (bicyclic) bond motifs is 1. The summed E-state index contributed by atoms with van der Waals surface area (Å²) in [5.74, 6) is 0.701. The molecule has 0 saturated carbocycles. The van der Waals surface area contributed by atoms with Crippen molar-refractivity contribution in [1.29, 1.82) is 5.26 Å². The zero-order valence-electron chi connectivity index (χ0n) is 15.7. The van der Waals surface area contributed by atoms with Gasteiger partial charge in [0.1, 0.15) is 16.8 Å². The van der Waals surface area contributed by atoms with Crippen LogP contribution < -0.4 is 10.1 Å². The number of aryl methyl sites for hydroxylation is 1. The van der Waals surface area contributed by atoms with E-state index in [4.69, 9.17) is 4.74 Å². The molecule has 0 aliphatic heterocycles. The third-order valence-electron chi connectivity index (χ3n) is 4.60. The number of hydrogen-bond acceptors (Lipinski definition) is 5. The highest BCUT2D eigenvalue weighted by Crippen LogP contribution is 2.32. The minimum atomic E-state index is -0.145. The molecule has 0 bridgehead atoms. The molecule has 1 aromatic heterocycles. The maximum atomic E-state index is 12.4. The van der Waals surface area contributed by atoms with Gasteiger partial charge in [-0.25, -0.2) is 4.98 Å². The van der Waals surface area contributed by atoms with Crippen molar-refractivity contribution in [3.05, 3.63) is 46.6 Å². The molecule has 0 spiro atoms. The topological polar surface area (TPSA) is 75.0 Å². The molecule has 140 valence electrons. The van der Waals surface area contributed by atoms with Gasteiger partial charge in [0, 0.05) is 5.69 Å². The van der Waals surface area contributed by atoms with Crippen LogP contribution in [0.25, 0.3) is 0 Å². The van der Waals surface area contributed by atoms with Crippen LogP contribution >= 0.6 is 11.8 Å². The first kappa shape index (κ1) is 19.2. The van der Waals surface area contributed by atoms with Gasteiger partial charge in [-0.3, -0.25) is 4.79 Å². The average Bonchev–Trinajstić information content (AvgIpc) is 2.68. The molecule has 1 heterocycles. The van der Waals surface area contributed by atoms with Crippen LogP contribution in [-0.4, -0.2) is 23.3 Å². The van der Waals surface area contributed by atoms with Gasteiger partial charge in [-0.1, -0.05) is 23.9 Å². The molecule has 0 unspecified atom stereocenters. The van der Waals surface area contributed by atoms with Crippen molar-refractivity contribution >= 4 is 23.4 Å². The number of hydrogen-bond donors (Lipinski definition) is 1. The quantitative estimate of drug-likeness (QED) is 0.756. The number of nitrogens with zero attached hydrogens (tertiary/aromatic N) is 2. The Kier molecular flexibility index (Phi) is 6.36. The molecule has 3 rings (SSSR count). The van der Waals surface area contributed by atoms with Crippen LogP contribution in [0.15, 0.2) is 29.3 Å². The highest BCUT2D eigenvalue weighted by atomic mass is 32.2. The number of aromatic nitrogens is 1. The predicted molar refractivity (Wildman–Crippen MR) is 107 cm³/mol. The van der Waals surface area contributed by atoms with Crippen molar-refractivity contribution in [2.75, 3.05) is 17.7 Å². The van der Waals surface area contributed by atoms with Gasteiger partial charge >= 0.3 is 0 Å². The second-order valence-corrected chi connectivity index (χ2v) is 7.38. The van der Waals surface area contributed by atoms with Gasteiger partial charge in [0.2, 0.25) is 5.91 Å². The fourth-order valence-corrected chi connectivity index (χ4v) is 4.23. The number of nitriles is 1. The zero-order chi connectivity index (χ0) is 19.2. The van der Waals surface area contributed by atoms with E-state index >= 15 is 0 Å². The summed E-state index contributed by atoms with van der Waals surface area (Å²) in [4.78, 5) is 17.0. The molecule has 0 saturated heterocycles. The molecule has 0 atom stereocenters. The van der Waals surface area contributed by atoms with Crippen molar-refractivity contribution < 1.29 is 9.53 Å². The lowest BCUT2D eigenvalue weighted by atomic mass is 9.88. The smallest absolute Gasteiger partial charge is 0.234 e. The highest BCUT2D eigenvalue weighted by Gasteiger charge is 2.21. The lowest BCUT2D eigenvalue weighted by Crippen LogP contribution is -2.16. The molecule has 1 N–H and O–H groups in total. The molecule has 1 aliphatic carbocycles. The Labute approximate surface area is 164 Å². The van der Waals surface area contributed by atoms with Crippen molar-refractivity contribution in [3.8, 4) is 11.8 Å². The molecule has 0 radical (unpaired) electrons. The Morgan fingerprint density at radius 2 is 2.04 bits per heavy atom. The lowest BCUT2D eigenvalue weighted by Gasteiger charge is -2.20. The summed E-state index contributed by atoms with van der Waals surface area (Å²) in [6.07, 6.45) is 4.16. The van der Waals surface area contributed by atoms with E-state index in [1.807, 2.05) is 38.1 Å². The second kappa shape index (κ2) is 8.92. The molecule has 2 aromatic rings. The minimum Gasteiger partial charge on any atom is -0.492 e. The average molecular weight is 382 g/mol. The standard InChI is InChI=1S/C21H23N3O2S/c1-3-26-19-11-7-6-10-18(19)24-20(25)13-27-21-17(12-22)16-9-5-4-8-15(16)14(2)23-21/h6-7,10-11H,3-5,8-9,13H2,1-2H3,(H,24,25). The van der Waals surface area contributed by atoms with E-state index in [0.717, 1.165) is 36.9 Å². The summed E-state index contributed by atoms with van der Waals surface area (Å²) in [6, 6.07) is 9.68. The molecule has 1 aromatic carbocycles. The number of carbonyl (C=O) groups is 1. The highest BCUT2D eigenvalue weighted by molar-refractivity contribution is 8.00. The van der Waals surface area contributed by atoms with Gasteiger partial charge in [0.05, 0.1) is 23.6 Å². The summed E-state index contributed by atoms with van der Waals surface area (Å²) >= 11 is 1.32. The van der Waals surface area contributed by atoms with Crippen LogP contribution in [0.2, 0.25) is 0 Å². The summed E-state index contributed by atoms with van der Waals surface area (Å²) < 4.78 is 5.54. The third-order valence-corrected chi connectivity index (χ3v) is 5.58. The number of benzene rings is 1. The molecule has 1 aliphatic rings. The van der Waals surface area contributed by atoms with Crippen molar-refractivity contribution in [2.45, 2.75) is 44.6 Å². The second-order valence-electron chi connectivity index (χ2n) is 6.42. The number of thioether (sulfide) groups is 1. The van der Waals surface area contributed by atoms with Gasteiger partial charge in [0.15, 0.2) is 0 Å². The molecule has 1 amide bonds. The Morgan fingerprint density at radius 3 is 2.78 bits per heavy atom. The summed E-state index contributed by atoms with van der Waals surface area (Å²) in [5.41, 5.74) is 4.62. The van der Waals surface area contributed by atoms with Gasteiger partial charge in [-0.2, -0.15) is 5.26 Å². The number of pyridine rings is 1. The number of rotatable bonds is 6. The molecule has 0 fully saturated rings. The Bertz CT molecular complexity index is 890. The third kappa shape index (κ3) is 4.42. The first-order valence-electron chi connectivity index (χ1n) is 9.21. The number of carbonyl (C=O) groups excluding carboxylic acids is 1. The van der Waals surface area contributed by atoms with Crippen molar-refractivity contribution in [3.63, 3.8) is 0 Å². The van der Waals surface area contributed by atoms with Crippen LogP contribution in [-0.2, 0) is 17.6 Å². The molecular formula is C21H23N3O2S. The molecule has 27 heavy (non-hydrogen) atoms. The number of para-hydroxylation sites is 2. The number of nitrogens with one attached hydrogen (secondary N) is 1. The maximum Gasteiger partial charge on any atom is 0.234 e. The zero-order valence-corrected chi connectivity index (χ0v) is 16.5. The summed E-state index contributed by atoms with van der Waals surface area (Å²) in [7, 11) is 0. The Hall–Kier alpha value is -2.52. The van der Waals surface area contributed by atoms with Gasteiger partial charge in [-0.05, 0) is 62.8 Å². The largest absolute Gasteiger partial charge is 0.492 e. The molecule has 6 heteroatoms. The fraction of sp³-hybridized carbons (Fsp3) is 0.381. The van der Waals surface area contributed by atoms with Crippen LogP contribution in [0.5, 0.6) is 5.75 Å². The SMILES string of the molecule is CCOc1ccccc1NC(=O)CSc1nc(C)c2c(c1C#N)CCCC2. The summed E-state index contributed by atoms with van der Waals surface area (Å²) in [5, 5.41) is 13.2. The predicted octanol–water partition coefficient (Wildman–Crippen LogP) is 4.27. The number of anilines is 1. The van der Waals surface area contributed by atoms with E-state index in [1.54, 1.807) is 0 Å². The van der Waals surface area contributed by atoms with Crippen LogP contribution in [0.3, 0.4) is 0 Å². The Balaban J connectivity index is 1.73. The van der Waals surface area contributed by atoms with Crippen molar-refractivity contribution in [1.82, 2.24) is 4.98 Å². The van der Waals surface area contributed by atoms with E-state index in [9.17, 15) is 10.1 Å². The first-order valence-corrected chi connectivity index (χ1v) is 10.2. The maximum absolute atomic E-state index is 12.4. The lowest BCUT2D eigenvalue weighted by molar-refractivity contribution is -0.113. The summed E-state index contributed by atoms with van der Waals surface area (Å²) in [6.45, 7) is 4.43. The van der Waals surface area contributed by atoms with E-state index in [1.165, 1.54) is 17.3 Å². The normalized spacial score (nSPS) is 12.8. The minimum absolute atomic E-state index is 0.145. The molecular weight excluding hydrogens is 358 g/mol. The van der Waals surface area contributed by atoms with E-state index in [2.05, 4.69) is 16.4 Å². The number of amides is 1.